The van der Waals surface area contributed by atoms with E-state index in [1.54, 1.807) is 12.3 Å². The number of carbonyl (C=O) groups is 1. The molecule has 2 aromatic rings. The van der Waals surface area contributed by atoms with Crippen molar-refractivity contribution in [2.75, 3.05) is 37.9 Å². The zero-order valence-electron chi connectivity index (χ0n) is 14.8. The molecule has 0 unspecified atom stereocenters. The van der Waals surface area contributed by atoms with Gasteiger partial charge in [-0.25, -0.2) is 9.78 Å². The SMILES string of the molecule is CN(C)c1ccnc(NC(=O)N[C@@H]2CCN(C)[C@@H]2c2ccccc2)n1. The van der Waals surface area contributed by atoms with E-state index in [1.807, 2.05) is 37.2 Å². The summed E-state index contributed by atoms with van der Waals surface area (Å²) in [5, 5.41) is 5.80. The molecule has 3 rings (SSSR count). The van der Waals surface area contributed by atoms with Crippen LogP contribution in [-0.4, -0.2) is 54.6 Å². The number of aromatic nitrogens is 2. The monoisotopic (exact) mass is 340 g/mol. The molecule has 1 aromatic heterocycles. The molecule has 1 aliphatic rings. The number of rotatable bonds is 4. The second kappa shape index (κ2) is 7.48. The van der Waals surface area contributed by atoms with Gasteiger partial charge in [0, 0.05) is 26.8 Å². The number of hydrogen-bond donors (Lipinski definition) is 2. The highest BCUT2D eigenvalue weighted by Gasteiger charge is 2.33. The highest BCUT2D eigenvalue weighted by Crippen LogP contribution is 2.30. The molecule has 2 heterocycles. The Morgan fingerprint density at radius 1 is 1.24 bits per heavy atom. The Balaban J connectivity index is 1.67. The number of carbonyl (C=O) groups excluding carboxylic acids is 1. The largest absolute Gasteiger partial charge is 0.363 e. The number of benzene rings is 1. The first-order valence-corrected chi connectivity index (χ1v) is 8.37. The van der Waals surface area contributed by atoms with Gasteiger partial charge in [0.05, 0.1) is 12.1 Å². The minimum absolute atomic E-state index is 0.0458. The maximum atomic E-state index is 12.4. The number of nitrogens with one attached hydrogen (secondary N) is 2. The number of likely N-dealkylation sites (N-methyl/N-ethyl adjacent to an activating group) is 1. The smallest absolute Gasteiger partial charge is 0.321 e. The summed E-state index contributed by atoms with van der Waals surface area (Å²) in [7, 11) is 5.87. The van der Waals surface area contributed by atoms with Crippen molar-refractivity contribution in [1.29, 1.82) is 0 Å². The highest BCUT2D eigenvalue weighted by atomic mass is 16.2. The summed E-state index contributed by atoms with van der Waals surface area (Å²) in [6.45, 7) is 0.942. The van der Waals surface area contributed by atoms with Gasteiger partial charge in [-0.1, -0.05) is 30.3 Å². The molecule has 1 aromatic carbocycles. The number of urea groups is 1. The topological polar surface area (TPSA) is 73.4 Å². The molecule has 2 amide bonds. The van der Waals surface area contributed by atoms with Crippen LogP contribution in [0, 0.1) is 0 Å². The fourth-order valence-electron chi connectivity index (χ4n) is 3.20. The van der Waals surface area contributed by atoms with Gasteiger partial charge in [0.1, 0.15) is 5.82 Å². The van der Waals surface area contributed by atoms with Crippen molar-refractivity contribution in [1.82, 2.24) is 20.2 Å². The van der Waals surface area contributed by atoms with Gasteiger partial charge in [0.15, 0.2) is 0 Å². The molecule has 0 radical (unpaired) electrons. The maximum Gasteiger partial charge on any atom is 0.321 e. The molecule has 1 saturated heterocycles. The lowest BCUT2D eigenvalue weighted by Crippen LogP contribution is -2.41. The molecule has 0 saturated carbocycles. The third-order valence-electron chi connectivity index (χ3n) is 4.43. The molecule has 2 atom stereocenters. The Bertz CT molecular complexity index is 721. The average Bonchev–Trinajstić information content (AvgIpc) is 2.96. The first-order chi connectivity index (χ1) is 12.0. The molecule has 132 valence electrons. The molecule has 2 N–H and O–H groups in total. The Labute approximate surface area is 148 Å². The molecule has 0 spiro atoms. The van der Waals surface area contributed by atoms with Crippen LogP contribution in [0.1, 0.15) is 18.0 Å². The Morgan fingerprint density at radius 3 is 2.72 bits per heavy atom. The fraction of sp³-hybridized carbons (Fsp3) is 0.389. The Kier molecular flexibility index (Phi) is 5.14. The molecule has 0 bridgehead atoms. The first kappa shape index (κ1) is 17.2. The first-order valence-electron chi connectivity index (χ1n) is 8.37. The molecule has 0 aliphatic carbocycles. The van der Waals surface area contributed by atoms with E-state index in [9.17, 15) is 4.79 Å². The summed E-state index contributed by atoms with van der Waals surface area (Å²) in [6.07, 6.45) is 2.54. The summed E-state index contributed by atoms with van der Waals surface area (Å²) >= 11 is 0. The average molecular weight is 340 g/mol. The van der Waals surface area contributed by atoms with Crippen molar-refractivity contribution in [3.05, 3.63) is 48.2 Å². The molecule has 1 fully saturated rings. The normalized spacial score (nSPS) is 20.3. The predicted molar refractivity (Wildman–Crippen MR) is 98.7 cm³/mol. The van der Waals surface area contributed by atoms with E-state index >= 15 is 0 Å². The van der Waals surface area contributed by atoms with Gasteiger partial charge in [0.25, 0.3) is 0 Å². The summed E-state index contributed by atoms with van der Waals surface area (Å²) in [5.74, 6) is 1.04. The second-order valence-electron chi connectivity index (χ2n) is 6.46. The van der Waals surface area contributed by atoms with Gasteiger partial charge in [-0.3, -0.25) is 10.2 Å². The van der Waals surface area contributed by atoms with E-state index in [0.717, 1.165) is 18.8 Å². The van der Waals surface area contributed by atoms with Gasteiger partial charge in [-0.15, -0.1) is 0 Å². The Hall–Kier alpha value is -2.67. The molecule has 7 nitrogen and oxygen atoms in total. The minimum Gasteiger partial charge on any atom is -0.363 e. The van der Waals surface area contributed by atoms with E-state index in [4.69, 9.17) is 0 Å². The van der Waals surface area contributed by atoms with E-state index < -0.39 is 0 Å². The van der Waals surface area contributed by atoms with Crippen molar-refractivity contribution in [2.45, 2.75) is 18.5 Å². The lowest BCUT2D eigenvalue weighted by atomic mass is 10.0. The lowest BCUT2D eigenvalue weighted by molar-refractivity contribution is 0.240. The van der Waals surface area contributed by atoms with Crippen molar-refractivity contribution in [3.63, 3.8) is 0 Å². The number of anilines is 2. The van der Waals surface area contributed by atoms with E-state index in [0.29, 0.717) is 5.95 Å². The van der Waals surface area contributed by atoms with Crippen LogP contribution in [0.15, 0.2) is 42.6 Å². The van der Waals surface area contributed by atoms with Crippen molar-refractivity contribution < 1.29 is 4.79 Å². The fourth-order valence-corrected chi connectivity index (χ4v) is 3.20. The molecule has 7 heteroatoms. The summed E-state index contributed by atoms with van der Waals surface area (Å²) in [6, 6.07) is 12.0. The third-order valence-corrected chi connectivity index (χ3v) is 4.43. The van der Waals surface area contributed by atoms with Gasteiger partial charge in [-0.2, -0.15) is 4.98 Å². The van der Waals surface area contributed by atoms with Crippen molar-refractivity contribution in [2.24, 2.45) is 0 Å². The standard InChI is InChI=1S/C18H24N6O/c1-23(2)15-9-11-19-17(21-15)22-18(25)20-14-10-12-24(3)16(14)13-7-5-4-6-8-13/h4-9,11,14,16H,10,12H2,1-3H3,(H2,19,20,21,22,25)/t14-,16-/m1/s1. The molecule has 1 aliphatic heterocycles. The second-order valence-corrected chi connectivity index (χ2v) is 6.46. The van der Waals surface area contributed by atoms with Gasteiger partial charge in [0.2, 0.25) is 5.95 Å². The highest BCUT2D eigenvalue weighted by molar-refractivity contribution is 5.87. The zero-order chi connectivity index (χ0) is 17.8. The van der Waals surface area contributed by atoms with Crippen LogP contribution in [-0.2, 0) is 0 Å². The lowest BCUT2D eigenvalue weighted by Gasteiger charge is -2.26. The number of nitrogens with zero attached hydrogens (tertiary/aromatic N) is 4. The van der Waals surface area contributed by atoms with E-state index in [2.05, 4.69) is 44.7 Å². The summed E-state index contributed by atoms with van der Waals surface area (Å²) in [5.41, 5.74) is 1.21. The summed E-state index contributed by atoms with van der Waals surface area (Å²) in [4.78, 5) is 24.9. The summed E-state index contributed by atoms with van der Waals surface area (Å²) < 4.78 is 0. The van der Waals surface area contributed by atoms with Crippen LogP contribution < -0.4 is 15.5 Å². The van der Waals surface area contributed by atoms with E-state index in [1.165, 1.54) is 5.56 Å². The minimum atomic E-state index is -0.280. The van der Waals surface area contributed by atoms with E-state index in [-0.39, 0.29) is 18.1 Å². The quantitative estimate of drug-likeness (QED) is 0.892. The van der Waals surface area contributed by atoms with Crippen molar-refractivity contribution in [3.8, 4) is 0 Å². The molecular weight excluding hydrogens is 316 g/mol. The Morgan fingerprint density at radius 2 is 2.00 bits per heavy atom. The maximum absolute atomic E-state index is 12.4. The van der Waals surface area contributed by atoms with Crippen LogP contribution in [0.2, 0.25) is 0 Å². The predicted octanol–water partition coefficient (Wildman–Crippen LogP) is 2.11. The zero-order valence-corrected chi connectivity index (χ0v) is 14.8. The van der Waals surface area contributed by atoms with Crippen LogP contribution in [0.3, 0.4) is 0 Å². The van der Waals surface area contributed by atoms with Crippen LogP contribution >= 0.6 is 0 Å². The van der Waals surface area contributed by atoms with Crippen LogP contribution in [0.5, 0.6) is 0 Å². The van der Waals surface area contributed by atoms with Gasteiger partial charge >= 0.3 is 6.03 Å². The number of likely N-dealkylation sites (tertiary alicyclic amines) is 1. The number of amides is 2. The third kappa shape index (κ3) is 4.06. The van der Waals surface area contributed by atoms with Crippen molar-refractivity contribution >= 4 is 17.8 Å². The molecular formula is C18H24N6O. The number of hydrogen-bond acceptors (Lipinski definition) is 5. The van der Waals surface area contributed by atoms with Crippen LogP contribution in [0.4, 0.5) is 16.6 Å². The van der Waals surface area contributed by atoms with Gasteiger partial charge < -0.3 is 10.2 Å². The van der Waals surface area contributed by atoms with Gasteiger partial charge in [-0.05, 0) is 25.1 Å². The molecule has 25 heavy (non-hydrogen) atoms. The van der Waals surface area contributed by atoms with Crippen LogP contribution in [0.25, 0.3) is 0 Å².